The third kappa shape index (κ3) is 1.67. The number of carbonyl (C=O) groups excluding carboxylic acids is 2. The minimum absolute atomic E-state index is 0.00801. The second kappa shape index (κ2) is 3.63. The van der Waals surface area contributed by atoms with Crippen LogP contribution in [0.5, 0.6) is 0 Å². The molecule has 0 spiro atoms. The number of amides is 1. The Morgan fingerprint density at radius 3 is 3.17 bits per heavy atom. The summed E-state index contributed by atoms with van der Waals surface area (Å²) < 4.78 is 0. The Kier molecular flexibility index (Phi) is 2.54. The number of aldehydes is 1. The van der Waals surface area contributed by atoms with Crippen molar-refractivity contribution in [2.75, 3.05) is 0 Å². The first kappa shape index (κ1) is 8.41. The molecule has 0 aliphatic rings. The van der Waals surface area contributed by atoms with Crippen LogP contribution in [-0.4, -0.2) is 22.4 Å². The van der Waals surface area contributed by atoms with E-state index in [2.05, 4.69) is 10.2 Å². The van der Waals surface area contributed by atoms with E-state index in [1.54, 1.807) is 0 Å². The minimum Gasteiger partial charge on any atom is -0.298 e. The van der Waals surface area contributed by atoms with Crippen molar-refractivity contribution < 1.29 is 9.59 Å². The van der Waals surface area contributed by atoms with Gasteiger partial charge < -0.3 is 0 Å². The van der Waals surface area contributed by atoms with Crippen LogP contribution < -0.4 is 11.3 Å². The van der Waals surface area contributed by atoms with Crippen molar-refractivity contribution in [1.29, 1.82) is 0 Å². The molecular formula is C6H8N4O2. The quantitative estimate of drug-likeness (QED) is 0.227. The highest BCUT2D eigenvalue weighted by molar-refractivity contribution is 5.82. The molecule has 1 aromatic rings. The fraction of sp³-hybridized carbons (Fsp3) is 0.167. The maximum absolute atomic E-state index is 10.7. The molecule has 0 aliphatic carbocycles. The van der Waals surface area contributed by atoms with E-state index in [9.17, 15) is 9.59 Å². The van der Waals surface area contributed by atoms with E-state index in [0.29, 0.717) is 17.5 Å². The third-order valence-corrected chi connectivity index (χ3v) is 1.37. The summed E-state index contributed by atoms with van der Waals surface area (Å²) in [6.07, 6.45) is 2.06. The number of aromatic amines is 1. The highest BCUT2D eigenvalue weighted by Crippen LogP contribution is 2.01. The van der Waals surface area contributed by atoms with Gasteiger partial charge in [0.05, 0.1) is 17.7 Å². The zero-order valence-electron chi connectivity index (χ0n) is 6.20. The van der Waals surface area contributed by atoms with E-state index >= 15 is 0 Å². The molecule has 1 aromatic heterocycles. The van der Waals surface area contributed by atoms with Crippen molar-refractivity contribution in [2.24, 2.45) is 5.84 Å². The molecule has 0 aromatic carbocycles. The van der Waals surface area contributed by atoms with Crippen LogP contribution >= 0.6 is 0 Å². The highest BCUT2D eigenvalue weighted by Gasteiger charge is 2.08. The van der Waals surface area contributed by atoms with Crippen molar-refractivity contribution in [3.8, 4) is 0 Å². The van der Waals surface area contributed by atoms with Crippen LogP contribution in [0.4, 0.5) is 0 Å². The molecule has 0 unspecified atom stereocenters. The number of rotatable bonds is 3. The molecule has 0 aliphatic heterocycles. The lowest BCUT2D eigenvalue weighted by atomic mass is 10.2. The predicted octanol–water partition coefficient (Wildman–Crippen LogP) is -1.25. The summed E-state index contributed by atoms with van der Waals surface area (Å²) in [6, 6.07) is 0. The SMILES string of the molecule is NNC(=O)Cc1n[nH]cc1C=O. The van der Waals surface area contributed by atoms with E-state index in [-0.39, 0.29) is 12.3 Å². The maximum Gasteiger partial charge on any atom is 0.239 e. The van der Waals surface area contributed by atoms with Crippen molar-refractivity contribution in [2.45, 2.75) is 6.42 Å². The zero-order valence-corrected chi connectivity index (χ0v) is 6.20. The monoisotopic (exact) mass is 168 g/mol. The fourth-order valence-corrected chi connectivity index (χ4v) is 0.774. The average molecular weight is 168 g/mol. The fourth-order valence-electron chi connectivity index (χ4n) is 0.774. The lowest BCUT2D eigenvalue weighted by molar-refractivity contribution is -0.120. The van der Waals surface area contributed by atoms with Crippen molar-refractivity contribution in [3.05, 3.63) is 17.5 Å². The van der Waals surface area contributed by atoms with Gasteiger partial charge in [-0.25, -0.2) is 5.84 Å². The molecule has 12 heavy (non-hydrogen) atoms. The predicted molar refractivity (Wildman–Crippen MR) is 40.0 cm³/mol. The first-order valence-electron chi connectivity index (χ1n) is 3.25. The average Bonchev–Trinajstić information content (AvgIpc) is 2.51. The van der Waals surface area contributed by atoms with Crippen LogP contribution in [0.15, 0.2) is 6.20 Å². The van der Waals surface area contributed by atoms with Crippen LogP contribution in [0.3, 0.4) is 0 Å². The molecule has 0 radical (unpaired) electrons. The van der Waals surface area contributed by atoms with E-state index in [1.807, 2.05) is 5.43 Å². The Balaban J connectivity index is 2.74. The molecule has 0 saturated carbocycles. The van der Waals surface area contributed by atoms with Crippen LogP contribution in [-0.2, 0) is 11.2 Å². The molecule has 64 valence electrons. The topological polar surface area (TPSA) is 101 Å². The summed E-state index contributed by atoms with van der Waals surface area (Å²) in [4.78, 5) is 21.1. The minimum atomic E-state index is -0.384. The van der Waals surface area contributed by atoms with E-state index < -0.39 is 0 Å². The Morgan fingerprint density at radius 2 is 2.58 bits per heavy atom. The van der Waals surface area contributed by atoms with Gasteiger partial charge in [-0.05, 0) is 0 Å². The van der Waals surface area contributed by atoms with Gasteiger partial charge in [-0.3, -0.25) is 20.1 Å². The van der Waals surface area contributed by atoms with E-state index in [4.69, 9.17) is 5.84 Å². The molecule has 0 saturated heterocycles. The molecule has 6 nitrogen and oxygen atoms in total. The van der Waals surface area contributed by atoms with Gasteiger partial charge in [-0.15, -0.1) is 0 Å². The van der Waals surface area contributed by atoms with E-state index in [0.717, 1.165) is 0 Å². The van der Waals surface area contributed by atoms with Crippen molar-refractivity contribution in [3.63, 3.8) is 0 Å². The third-order valence-electron chi connectivity index (χ3n) is 1.37. The van der Waals surface area contributed by atoms with Crippen LogP contribution in [0.2, 0.25) is 0 Å². The summed E-state index contributed by atoms with van der Waals surface area (Å²) in [5.74, 6) is 4.47. The zero-order chi connectivity index (χ0) is 8.97. The molecule has 1 amide bonds. The Bertz CT molecular complexity index is 293. The Morgan fingerprint density at radius 1 is 1.83 bits per heavy atom. The molecular weight excluding hydrogens is 160 g/mol. The van der Waals surface area contributed by atoms with Gasteiger partial charge in [0.1, 0.15) is 0 Å². The van der Waals surface area contributed by atoms with Crippen LogP contribution in [0.25, 0.3) is 0 Å². The number of H-pyrrole nitrogens is 1. The number of hydrogen-bond donors (Lipinski definition) is 3. The van der Waals surface area contributed by atoms with Crippen LogP contribution in [0, 0.1) is 0 Å². The summed E-state index contributed by atoms with van der Waals surface area (Å²) in [5.41, 5.74) is 2.72. The molecule has 1 heterocycles. The van der Waals surface area contributed by atoms with Crippen molar-refractivity contribution in [1.82, 2.24) is 15.6 Å². The van der Waals surface area contributed by atoms with E-state index in [1.165, 1.54) is 6.20 Å². The van der Waals surface area contributed by atoms with Crippen molar-refractivity contribution >= 4 is 12.2 Å². The molecule has 0 bridgehead atoms. The number of nitrogens with two attached hydrogens (primary N) is 1. The number of hydrazine groups is 1. The number of nitrogens with zero attached hydrogens (tertiary/aromatic N) is 1. The molecule has 6 heteroatoms. The normalized spacial score (nSPS) is 9.42. The highest BCUT2D eigenvalue weighted by atomic mass is 16.2. The van der Waals surface area contributed by atoms with Gasteiger partial charge >= 0.3 is 0 Å². The van der Waals surface area contributed by atoms with Crippen LogP contribution in [0.1, 0.15) is 16.1 Å². The molecule has 1 rings (SSSR count). The van der Waals surface area contributed by atoms with Gasteiger partial charge in [-0.2, -0.15) is 5.10 Å². The largest absolute Gasteiger partial charge is 0.298 e. The summed E-state index contributed by atoms with van der Waals surface area (Å²) >= 11 is 0. The molecule has 0 atom stereocenters. The molecule has 0 fully saturated rings. The smallest absolute Gasteiger partial charge is 0.239 e. The first-order valence-corrected chi connectivity index (χ1v) is 3.25. The number of carbonyl (C=O) groups is 2. The summed E-state index contributed by atoms with van der Waals surface area (Å²) in [6.45, 7) is 0. The lowest BCUT2D eigenvalue weighted by Crippen LogP contribution is -2.31. The van der Waals surface area contributed by atoms with Gasteiger partial charge in [-0.1, -0.05) is 0 Å². The number of aromatic nitrogens is 2. The van der Waals surface area contributed by atoms with Gasteiger partial charge in [0.15, 0.2) is 6.29 Å². The second-order valence-electron chi connectivity index (χ2n) is 2.15. The standard InChI is InChI=1S/C6H8N4O2/c7-9-6(12)1-5-4(3-11)2-8-10-5/h2-3H,1,7H2,(H,8,10)(H,9,12). The number of hydrogen-bond acceptors (Lipinski definition) is 4. The Labute approximate surface area is 68.1 Å². The summed E-state index contributed by atoms with van der Waals surface area (Å²) in [7, 11) is 0. The lowest BCUT2D eigenvalue weighted by Gasteiger charge is -1.95. The van der Waals surface area contributed by atoms with Gasteiger partial charge in [0.25, 0.3) is 0 Å². The maximum atomic E-state index is 10.7. The second-order valence-corrected chi connectivity index (χ2v) is 2.15. The Hall–Kier alpha value is -1.69. The number of nitrogens with one attached hydrogen (secondary N) is 2. The first-order chi connectivity index (χ1) is 5.77. The molecule has 4 N–H and O–H groups in total. The summed E-state index contributed by atoms with van der Waals surface area (Å²) in [5, 5.41) is 6.18. The van der Waals surface area contributed by atoms with Gasteiger partial charge in [0, 0.05) is 6.20 Å². The van der Waals surface area contributed by atoms with Gasteiger partial charge in [0.2, 0.25) is 5.91 Å².